The standard InChI is InChI=1S/C14H7F3N4O6/c15-14(16,17)8-1-7(4-20(24)5-8)13-18-12(19-27-13)6-2-9(21(25)26)11(23)10(22)3-6/h1-5,22-23H. The van der Waals surface area contributed by atoms with Crippen molar-refractivity contribution < 1.29 is 37.6 Å². The molecule has 3 aromatic rings. The Morgan fingerprint density at radius 2 is 1.85 bits per heavy atom. The van der Waals surface area contributed by atoms with Crippen molar-refractivity contribution in [2.75, 3.05) is 0 Å². The van der Waals surface area contributed by atoms with Crippen LogP contribution in [-0.4, -0.2) is 25.3 Å². The van der Waals surface area contributed by atoms with Crippen LogP contribution in [0.4, 0.5) is 18.9 Å². The number of pyridine rings is 1. The van der Waals surface area contributed by atoms with Crippen LogP contribution in [0.2, 0.25) is 0 Å². The zero-order valence-corrected chi connectivity index (χ0v) is 12.8. The number of phenols is 2. The Hall–Kier alpha value is -3.90. The maximum Gasteiger partial charge on any atom is 0.422 e. The van der Waals surface area contributed by atoms with E-state index in [1.54, 1.807) is 0 Å². The first-order valence-corrected chi connectivity index (χ1v) is 6.92. The van der Waals surface area contributed by atoms with Crippen LogP contribution >= 0.6 is 0 Å². The number of aromatic nitrogens is 3. The SMILES string of the molecule is O=[N+]([O-])c1cc(-c2noc(-c3cc(C(F)(F)F)c[n+]([O-])c3)n2)cc(O)c1O. The molecule has 0 amide bonds. The van der Waals surface area contributed by atoms with Crippen molar-refractivity contribution in [3.05, 3.63) is 51.5 Å². The lowest BCUT2D eigenvalue weighted by molar-refractivity contribution is -0.606. The monoisotopic (exact) mass is 384 g/mol. The summed E-state index contributed by atoms with van der Waals surface area (Å²) in [6, 6.07) is 2.35. The molecule has 0 radical (unpaired) electrons. The van der Waals surface area contributed by atoms with E-state index >= 15 is 0 Å². The van der Waals surface area contributed by atoms with Gasteiger partial charge >= 0.3 is 11.9 Å². The number of rotatable bonds is 3. The lowest BCUT2D eigenvalue weighted by atomic mass is 10.1. The van der Waals surface area contributed by atoms with Crippen LogP contribution in [0.25, 0.3) is 22.8 Å². The van der Waals surface area contributed by atoms with E-state index in [4.69, 9.17) is 4.52 Å². The summed E-state index contributed by atoms with van der Waals surface area (Å²) in [5.41, 5.74) is -2.56. The quantitative estimate of drug-likeness (QED) is 0.230. The summed E-state index contributed by atoms with van der Waals surface area (Å²) in [6.07, 6.45) is -3.69. The molecule has 2 N–H and O–H groups in total. The minimum Gasteiger partial charge on any atom is -0.619 e. The number of nitrogens with zero attached hydrogens (tertiary/aromatic N) is 4. The van der Waals surface area contributed by atoms with Crippen molar-refractivity contribution in [3.63, 3.8) is 0 Å². The third-order valence-electron chi connectivity index (χ3n) is 3.37. The summed E-state index contributed by atoms with van der Waals surface area (Å²) >= 11 is 0. The molecular weight excluding hydrogens is 377 g/mol. The second-order valence-corrected chi connectivity index (χ2v) is 5.21. The average Bonchev–Trinajstić information content (AvgIpc) is 3.05. The second kappa shape index (κ2) is 6.12. The minimum atomic E-state index is -4.78. The Morgan fingerprint density at radius 1 is 1.15 bits per heavy atom. The average molecular weight is 384 g/mol. The topological polar surface area (TPSA) is 149 Å². The number of hydrogen-bond donors (Lipinski definition) is 2. The summed E-state index contributed by atoms with van der Waals surface area (Å²) in [5.74, 6) is -2.59. The first-order valence-electron chi connectivity index (χ1n) is 6.92. The molecule has 0 spiro atoms. The molecule has 10 nitrogen and oxygen atoms in total. The lowest BCUT2D eigenvalue weighted by Crippen LogP contribution is -2.27. The van der Waals surface area contributed by atoms with Gasteiger partial charge in [-0.1, -0.05) is 5.16 Å². The van der Waals surface area contributed by atoms with E-state index in [0.717, 1.165) is 18.3 Å². The molecule has 0 aliphatic rings. The minimum absolute atomic E-state index is 0.0841. The van der Waals surface area contributed by atoms with Gasteiger partial charge in [0, 0.05) is 11.6 Å². The fourth-order valence-corrected chi connectivity index (χ4v) is 2.16. The molecular formula is C14H7F3N4O6. The molecule has 0 unspecified atom stereocenters. The molecule has 2 aromatic heterocycles. The number of benzene rings is 1. The number of nitro benzene ring substituents is 1. The summed E-state index contributed by atoms with van der Waals surface area (Å²) in [5, 5.41) is 44.8. The molecule has 27 heavy (non-hydrogen) atoms. The molecule has 140 valence electrons. The van der Waals surface area contributed by atoms with Crippen LogP contribution in [-0.2, 0) is 6.18 Å². The highest BCUT2D eigenvalue weighted by molar-refractivity contribution is 5.69. The Morgan fingerprint density at radius 3 is 2.48 bits per heavy atom. The molecule has 0 aliphatic heterocycles. The molecule has 2 heterocycles. The summed E-state index contributed by atoms with van der Waals surface area (Å²) < 4.78 is 43.1. The zero-order valence-electron chi connectivity index (χ0n) is 12.8. The largest absolute Gasteiger partial charge is 0.619 e. The van der Waals surface area contributed by atoms with Crippen molar-refractivity contribution in [1.82, 2.24) is 10.1 Å². The highest BCUT2D eigenvalue weighted by atomic mass is 19.4. The van der Waals surface area contributed by atoms with E-state index in [1.807, 2.05) is 0 Å². The third kappa shape index (κ3) is 3.42. The molecule has 0 atom stereocenters. The molecule has 0 saturated carbocycles. The van der Waals surface area contributed by atoms with Crippen LogP contribution in [0.3, 0.4) is 0 Å². The van der Waals surface area contributed by atoms with E-state index < -0.39 is 39.7 Å². The normalized spacial score (nSPS) is 11.5. The maximum atomic E-state index is 12.8. The third-order valence-corrected chi connectivity index (χ3v) is 3.37. The predicted molar refractivity (Wildman–Crippen MR) is 79.1 cm³/mol. The first-order chi connectivity index (χ1) is 12.6. The van der Waals surface area contributed by atoms with Crippen molar-refractivity contribution in [2.24, 2.45) is 0 Å². The molecule has 1 aromatic carbocycles. The Balaban J connectivity index is 2.06. The Labute approximate surface area is 146 Å². The fourth-order valence-electron chi connectivity index (χ4n) is 2.16. The van der Waals surface area contributed by atoms with E-state index in [9.17, 15) is 38.7 Å². The Bertz CT molecular complexity index is 1050. The number of halogens is 3. The molecule has 13 heteroatoms. The lowest BCUT2D eigenvalue weighted by Gasteiger charge is -2.06. The van der Waals surface area contributed by atoms with Gasteiger partial charge in [0.1, 0.15) is 11.1 Å². The van der Waals surface area contributed by atoms with E-state index in [-0.39, 0.29) is 21.7 Å². The highest BCUT2D eigenvalue weighted by Gasteiger charge is 2.34. The number of phenolic OH excluding ortho intramolecular Hbond substituents is 2. The predicted octanol–water partition coefficient (Wildman–Crippen LogP) is 2.38. The van der Waals surface area contributed by atoms with Crippen molar-refractivity contribution in [1.29, 1.82) is 0 Å². The highest BCUT2D eigenvalue weighted by Crippen LogP contribution is 2.39. The van der Waals surface area contributed by atoms with Crippen LogP contribution in [0.1, 0.15) is 5.56 Å². The van der Waals surface area contributed by atoms with Gasteiger partial charge < -0.3 is 19.9 Å². The smallest absolute Gasteiger partial charge is 0.422 e. The van der Waals surface area contributed by atoms with Gasteiger partial charge in [0.25, 0.3) is 5.89 Å². The fraction of sp³-hybridized carbons (Fsp3) is 0.0714. The maximum absolute atomic E-state index is 12.8. The molecule has 0 fully saturated rings. The molecule has 0 bridgehead atoms. The summed E-state index contributed by atoms with van der Waals surface area (Å²) in [7, 11) is 0. The van der Waals surface area contributed by atoms with E-state index in [0.29, 0.717) is 12.3 Å². The van der Waals surface area contributed by atoms with Gasteiger partial charge in [0.05, 0.1) is 4.92 Å². The number of aromatic hydroxyl groups is 2. The van der Waals surface area contributed by atoms with E-state index in [2.05, 4.69) is 10.1 Å². The van der Waals surface area contributed by atoms with Crippen molar-refractivity contribution in [2.45, 2.75) is 6.18 Å². The van der Waals surface area contributed by atoms with Gasteiger partial charge in [-0.05, 0) is 12.1 Å². The first kappa shape index (κ1) is 17.9. The van der Waals surface area contributed by atoms with E-state index in [1.165, 1.54) is 0 Å². The van der Waals surface area contributed by atoms with Gasteiger partial charge in [-0.2, -0.15) is 22.9 Å². The second-order valence-electron chi connectivity index (χ2n) is 5.21. The van der Waals surface area contributed by atoms with Gasteiger partial charge in [0.15, 0.2) is 18.1 Å². The summed E-state index contributed by atoms with van der Waals surface area (Å²) in [6.45, 7) is 0. The molecule has 0 saturated heterocycles. The van der Waals surface area contributed by atoms with Gasteiger partial charge in [-0.15, -0.1) is 0 Å². The van der Waals surface area contributed by atoms with Crippen LogP contribution in [0.5, 0.6) is 11.5 Å². The van der Waals surface area contributed by atoms with Crippen LogP contribution < -0.4 is 4.73 Å². The van der Waals surface area contributed by atoms with Crippen molar-refractivity contribution >= 4 is 5.69 Å². The molecule has 0 aliphatic carbocycles. The van der Waals surface area contributed by atoms with Gasteiger partial charge in [0.2, 0.25) is 11.6 Å². The molecule has 3 rings (SSSR count). The Kier molecular flexibility index (Phi) is 4.06. The summed E-state index contributed by atoms with van der Waals surface area (Å²) in [4.78, 5) is 13.7. The van der Waals surface area contributed by atoms with Crippen LogP contribution in [0.15, 0.2) is 35.1 Å². The zero-order chi connectivity index (χ0) is 19.9. The number of hydrogen-bond acceptors (Lipinski definition) is 8. The van der Waals surface area contributed by atoms with Crippen molar-refractivity contribution in [3.8, 4) is 34.3 Å². The van der Waals surface area contributed by atoms with Crippen LogP contribution in [0, 0.1) is 15.3 Å². The number of alkyl halides is 3. The number of nitro groups is 1. The van der Waals surface area contributed by atoms with Gasteiger partial charge in [-0.25, -0.2) is 0 Å². The van der Waals surface area contributed by atoms with Gasteiger partial charge in [-0.3, -0.25) is 10.1 Å².